The number of amides is 5. The van der Waals surface area contributed by atoms with Gasteiger partial charge in [-0.2, -0.15) is 0 Å². The molecule has 0 bridgehead atoms. The Morgan fingerprint density at radius 2 is 1.73 bits per heavy atom. The highest BCUT2D eigenvalue weighted by molar-refractivity contribution is 6.39. The molecule has 0 atom stereocenters. The van der Waals surface area contributed by atoms with E-state index in [2.05, 4.69) is 10.6 Å². The molecule has 4 rings (SSSR count). The fraction of sp³-hybridized carbons (Fsp3) is 0.111. The number of benzene rings is 3. The lowest BCUT2D eigenvalue weighted by Crippen LogP contribution is -2.54. The van der Waals surface area contributed by atoms with Gasteiger partial charge in [0.2, 0.25) is 0 Å². The highest BCUT2D eigenvalue weighted by atomic mass is 19.1. The Labute approximate surface area is 211 Å². The summed E-state index contributed by atoms with van der Waals surface area (Å²) in [4.78, 5) is 51.3. The number of imide groups is 2. The summed E-state index contributed by atoms with van der Waals surface area (Å²) >= 11 is 0. The number of barbiturate groups is 1. The lowest BCUT2D eigenvalue weighted by Gasteiger charge is -2.26. The first-order valence-electron chi connectivity index (χ1n) is 11.1. The summed E-state index contributed by atoms with van der Waals surface area (Å²) in [5, 5.41) is 4.82. The molecule has 10 heteroatoms. The molecule has 9 nitrogen and oxygen atoms in total. The third-order valence-electron chi connectivity index (χ3n) is 5.40. The fourth-order valence-corrected chi connectivity index (χ4v) is 3.57. The average Bonchev–Trinajstić information content (AvgIpc) is 2.87. The number of hydrogen-bond acceptors (Lipinski definition) is 6. The normalized spacial score (nSPS) is 14.4. The Morgan fingerprint density at radius 1 is 1.03 bits per heavy atom. The Balaban J connectivity index is 1.61. The van der Waals surface area contributed by atoms with Crippen molar-refractivity contribution in [2.45, 2.75) is 6.92 Å². The summed E-state index contributed by atoms with van der Waals surface area (Å²) < 4.78 is 24.4. The van der Waals surface area contributed by atoms with Crippen LogP contribution in [0.25, 0.3) is 6.08 Å². The minimum atomic E-state index is -0.964. The molecule has 0 aromatic heterocycles. The second kappa shape index (κ2) is 10.7. The van der Waals surface area contributed by atoms with Crippen LogP contribution in [0.5, 0.6) is 11.5 Å². The molecule has 2 N–H and O–H groups in total. The number of nitrogens with one attached hydrogen (secondary N) is 2. The summed E-state index contributed by atoms with van der Waals surface area (Å²) in [7, 11) is 1.40. The second-order valence-corrected chi connectivity index (χ2v) is 8.02. The van der Waals surface area contributed by atoms with E-state index in [4.69, 9.17) is 9.47 Å². The molecule has 1 saturated heterocycles. The maximum absolute atomic E-state index is 13.3. The Kier molecular flexibility index (Phi) is 7.28. The van der Waals surface area contributed by atoms with Crippen LogP contribution >= 0.6 is 0 Å². The van der Waals surface area contributed by atoms with Crippen LogP contribution in [0.15, 0.2) is 72.3 Å². The van der Waals surface area contributed by atoms with Gasteiger partial charge < -0.3 is 14.8 Å². The van der Waals surface area contributed by atoms with Crippen molar-refractivity contribution in [3.63, 3.8) is 0 Å². The van der Waals surface area contributed by atoms with E-state index in [1.165, 1.54) is 25.3 Å². The van der Waals surface area contributed by atoms with Crippen molar-refractivity contribution in [2.75, 3.05) is 23.9 Å². The van der Waals surface area contributed by atoms with E-state index in [1.54, 1.807) is 30.3 Å². The Morgan fingerprint density at radius 3 is 2.41 bits per heavy atom. The number of hydrogen-bond donors (Lipinski definition) is 2. The minimum Gasteiger partial charge on any atom is -0.493 e. The molecule has 0 radical (unpaired) electrons. The maximum Gasteiger partial charge on any atom is 0.335 e. The third kappa shape index (κ3) is 5.64. The summed E-state index contributed by atoms with van der Waals surface area (Å²) in [5.74, 6) is -2.45. The zero-order valence-corrected chi connectivity index (χ0v) is 19.9. The number of carbonyl (C=O) groups excluding carboxylic acids is 4. The number of rotatable bonds is 7. The average molecular weight is 503 g/mol. The molecule has 0 spiro atoms. The topological polar surface area (TPSA) is 114 Å². The van der Waals surface area contributed by atoms with Crippen molar-refractivity contribution < 1.29 is 33.0 Å². The van der Waals surface area contributed by atoms with Crippen LogP contribution in [0.1, 0.15) is 11.1 Å². The molecule has 3 aromatic rings. The molecular weight excluding hydrogens is 481 g/mol. The van der Waals surface area contributed by atoms with Crippen molar-refractivity contribution in [1.29, 1.82) is 0 Å². The molecule has 37 heavy (non-hydrogen) atoms. The summed E-state index contributed by atoms with van der Waals surface area (Å²) in [6.45, 7) is 1.54. The number of methoxy groups -OCH3 is 1. The van der Waals surface area contributed by atoms with Crippen LogP contribution in [0.3, 0.4) is 0 Å². The van der Waals surface area contributed by atoms with E-state index in [9.17, 15) is 23.6 Å². The summed E-state index contributed by atoms with van der Waals surface area (Å²) in [5.41, 5.74) is 1.61. The van der Waals surface area contributed by atoms with Crippen molar-refractivity contribution in [3.8, 4) is 11.5 Å². The van der Waals surface area contributed by atoms with Crippen LogP contribution < -0.4 is 25.0 Å². The van der Waals surface area contributed by atoms with Crippen LogP contribution in [-0.2, 0) is 14.4 Å². The number of urea groups is 1. The molecular formula is C27H22FN3O6. The van der Waals surface area contributed by atoms with Crippen molar-refractivity contribution in [3.05, 3.63) is 89.2 Å². The summed E-state index contributed by atoms with van der Waals surface area (Å²) in [6, 6.07) is 15.7. The monoisotopic (exact) mass is 503 g/mol. The molecule has 0 unspecified atom stereocenters. The van der Waals surface area contributed by atoms with Gasteiger partial charge in [0, 0.05) is 11.3 Å². The van der Waals surface area contributed by atoms with Crippen LogP contribution in [0, 0.1) is 12.7 Å². The van der Waals surface area contributed by atoms with Crippen LogP contribution in [0.2, 0.25) is 0 Å². The fourth-order valence-electron chi connectivity index (χ4n) is 3.57. The van der Waals surface area contributed by atoms with Gasteiger partial charge in [-0.3, -0.25) is 19.7 Å². The molecule has 1 heterocycles. The lowest BCUT2D eigenvalue weighted by atomic mass is 10.1. The minimum absolute atomic E-state index is 0.0807. The van der Waals surface area contributed by atoms with Gasteiger partial charge in [0.15, 0.2) is 18.1 Å². The van der Waals surface area contributed by atoms with Crippen molar-refractivity contribution in [2.24, 2.45) is 0 Å². The SMILES string of the molecule is COc1cccc(C=C2C(=O)NC(=O)N(c3ccc(F)cc3)C2=O)c1OCC(=O)Nc1ccc(C)cc1. The third-order valence-corrected chi connectivity index (χ3v) is 5.40. The Hall–Kier alpha value is -4.99. The molecule has 188 valence electrons. The van der Waals surface area contributed by atoms with E-state index in [1.807, 2.05) is 19.1 Å². The Bertz CT molecular complexity index is 1400. The van der Waals surface area contributed by atoms with E-state index >= 15 is 0 Å². The molecule has 1 aliphatic rings. The largest absolute Gasteiger partial charge is 0.493 e. The van der Waals surface area contributed by atoms with E-state index in [0.29, 0.717) is 5.69 Å². The molecule has 0 aliphatic carbocycles. The smallest absolute Gasteiger partial charge is 0.335 e. The van der Waals surface area contributed by atoms with Gasteiger partial charge in [0.25, 0.3) is 17.7 Å². The highest BCUT2D eigenvalue weighted by Gasteiger charge is 2.37. The second-order valence-electron chi connectivity index (χ2n) is 8.02. The first kappa shape index (κ1) is 25.1. The van der Waals surface area contributed by atoms with Crippen molar-refractivity contribution >= 4 is 41.2 Å². The van der Waals surface area contributed by atoms with Gasteiger partial charge in [-0.1, -0.05) is 29.8 Å². The number of anilines is 2. The first-order chi connectivity index (χ1) is 17.8. The van der Waals surface area contributed by atoms with Crippen molar-refractivity contribution in [1.82, 2.24) is 5.32 Å². The molecule has 5 amide bonds. The van der Waals surface area contributed by atoms with Crippen LogP contribution in [0.4, 0.5) is 20.6 Å². The number of halogens is 1. The number of para-hydroxylation sites is 1. The summed E-state index contributed by atoms with van der Waals surface area (Å²) in [6.07, 6.45) is 1.23. The number of nitrogens with zero attached hydrogens (tertiary/aromatic N) is 1. The maximum atomic E-state index is 13.3. The quantitative estimate of drug-likeness (QED) is 0.374. The number of aryl methyl sites for hydroxylation is 1. The van der Waals surface area contributed by atoms with E-state index in [0.717, 1.165) is 22.6 Å². The van der Waals surface area contributed by atoms with Crippen LogP contribution in [-0.4, -0.2) is 37.5 Å². The molecule has 1 fully saturated rings. The standard InChI is InChI=1S/C27H22FN3O6/c1-16-6-10-19(11-7-16)29-23(32)15-37-24-17(4-3-5-22(24)36-2)14-21-25(33)30-27(35)31(26(21)34)20-12-8-18(28)9-13-20/h3-14H,15H2,1-2H3,(H,29,32)(H,30,33,35). The van der Waals surface area contributed by atoms with Gasteiger partial charge in [-0.25, -0.2) is 14.1 Å². The predicted molar refractivity (Wildman–Crippen MR) is 134 cm³/mol. The first-order valence-corrected chi connectivity index (χ1v) is 11.1. The molecule has 3 aromatic carbocycles. The van der Waals surface area contributed by atoms with Gasteiger partial charge in [0.1, 0.15) is 11.4 Å². The number of ether oxygens (including phenoxy) is 2. The van der Waals surface area contributed by atoms with E-state index in [-0.39, 0.29) is 34.9 Å². The van der Waals surface area contributed by atoms with E-state index < -0.39 is 29.6 Å². The zero-order valence-electron chi connectivity index (χ0n) is 19.9. The molecule has 1 aliphatic heterocycles. The molecule has 0 saturated carbocycles. The zero-order chi connectivity index (χ0) is 26.5. The number of carbonyl (C=O) groups is 4. The van der Waals surface area contributed by atoms with Gasteiger partial charge >= 0.3 is 6.03 Å². The van der Waals surface area contributed by atoms with Gasteiger partial charge in [0.05, 0.1) is 12.8 Å². The lowest BCUT2D eigenvalue weighted by molar-refractivity contribution is -0.122. The van der Waals surface area contributed by atoms with Gasteiger partial charge in [-0.05, 0) is 55.5 Å². The highest BCUT2D eigenvalue weighted by Crippen LogP contribution is 2.33. The predicted octanol–water partition coefficient (Wildman–Crippen LogP) is 3.83. The van der Waals surface area contributed by atoms with Gasteiger partial charge in [-0.15, -0.1) is 0 Å².